The molecule has 96 valence electrons. The SMILES string of the molecule is CC1(C)OB(C2CC3C(C2)C3(F)F)OC1(C)C. The molecule has 0 radical (unpaired) electrons. The maximum Gasteiger partial charge on any atom is 0.461 e. The maximum atomic E-state index is 13.1. The second-order valence-corrected chi connectivity index (χ2v) is 6.74. The normalized spacial score (nSPS) is 44.8. The standard InChI is InChI=1S/C12H19BF2O2/c1-10(2)11(3,4)17-13(16-10)7-5-8-9(6-7)12(8,14)15/h7-9H,5-6H2,1-4H3. The molecular formula is C12H19BF2O2. The fourth-order valence-corrected chi connectivity index (χ4v) is 3.16. The molecule has 1 aliphatic heterocycles. The minimum Gasteiger partial charge on any atom is -0.403 e. The largest absolute Gasteiger partial charge is 0.461 e. The highest BCUT2D eigenvalue weighted by atomic mass is 19.3. The van der Waals surface area contributed by atoms with E-state index in [9.17, 15) is 8.78 Å². The van der Waals surface area contributed by atoms with Gasteiger partial charge in [-0.3, -0.25) is 0 Å². The zero-order valence-electron chi connectivity index (χ0n) is 10.8. The third-order valence-corrected chi connectivity index (χ3v) is 5.14. The topological polar surface area (TPSA) is 18.5 Å². The Bertz CT molecular complexity index is 326. The number of alkyl halides is 2. The van der Waals surface area contributed by atoms with E-state index in [0.29, 0.717) is 12.8 Å². The molecule has 3 fully saturated rings. The lowest BCUT2D eigenvalue weighted by atomic mass is 9.69. The van der Waals surface area contributed by atoms with Gasteiger partial charge in [0.15, 0.2) is 0 Å². The summed E-state index contributed by atoms with van der Waals surface area (Å²) >= 11 is 0. The summed E-state index contributed by atoms with van der Waals surface area (Å²) < 4.78 is 38.1. The van der Waals surface area contributed by atoms with Crippen LogP contribution in [0.3, 0.4) is 0 Å². The number of fused-ring (bicyclic) bond motifs is 1. The minimum atomic E-state index is -2.40. The van der Waals surface area contributed by atoms with Crippen LogP contribution in [0.15, 0.2) is 0 Å². The van der Waals surface area contributed by atoms with Gasteiger partial charge in [-0.25, -0.2) is 8.78 Å². The van der Waals surface area contributed by atoms with E-state index in [1.165, 1.54) is 0 Å². The Morgan fingerprint density at radius 2 is 1.35 bits per heavy atom. The second-order valence-electron chi connectivity index (χ2n) is 6.74. The molecule has 0 amide bonds. The van der Waals surface area contributed by atoms with Crippen LogP contribution in [-0.4, -0.2) is 24.2 Å². The monoisotopic (exact) mass is 244 g/mol. The Morgan fingerprint density at radius 3 is 1.76 bits per heavy atom. The average Bonchev–Trinajstić information content (AvgIpc) is 2.54. The van der Waals surface area contributed by atoms with Crippen LogP contribution in [0.2, 0.25) is 5.82 Å². The van der Waals surface area contributed by atoms with Gasteiger partial charge in [0.05, 0.1) is 11.2 Å². The van der Waals surface area contributed by atoms with Gasteiger partial charge in [-0.1, -0.05) is 0 Å². The van der Waals surface area contributed by atoms with Crippen molar-refractivity contribution in [3.05, 3.63) is 0 Å². The van der Waals surface area contributed by atoms with Gasteiger partial charge >= 0.3 is 7.12 Å². The number of hydrogen-bond acceptors (Lipinski definition) is 2. The van der Waals surface area contributed by atoms with E-state index < -0.39 is 17.8 Å². The highest BCUT2D eigenvalue weighted by molar-refractivity contribution is 6.47. The molecule has 0 aromatic rings. The zero-order chi connectivity index (χ0) is 12.6. The molecule has 2 aliphatic carbocycles. The first kappa shape index (κ1) is 11.9. The highest BCUT2D eigenvalue weighted by Gasteiger charge is 2.73. The Morgan fingerprint density at radius 1 is 0.941 bits per heavy atom. The molecule has 3 rings (SSSR count). The molecule has 0 aromatic carbocycles. The van der Waals surface area contributed by atoms with E-state index in [1.54, 1.807) is 0 Å². The lowest BCUT2D eigenvalue weighted by Gasteiger charge is -2.32. The van der Waals surface area contributed by atoms with Crippen LogP contribution >= 0.6 is 0 Å². The number of rotatable bonds is 1. The van der Waals surface area contributed by atoms with Gasteiger partial charge in [-0.15, -0.1) is 0 Å². The van der Waals surface area contributed by atoms with Crippen LogP contribution < -0.4 is 0 Å². The van der Waals surface area contributed by atoms with Gasteiger partial charge < -0.3 is 9.31 Å². The molecular weight excluding hydrogens is 225 g/mol. The first-order valence-corrected chi connectivity index (χ1v) is 6.38. The summed E-state index contributed by atoms with van der Waals surface area (Å²) in [5.74, 6) is -3.08. The first-order chi connectivity index (χ1) is 7.65. The van der Waals surface area contributed by atoms with E-state index in [4.69, 9.17) is 9.31 Å². The summed E-state index contributed by atoms with van der Waals surface area (Å²) in [6, 6.07) is 0. The molecule has 2 unspecified atom stereocenters. The molecule has 1 saturated heterocycles. The smallest absolute Gasteiger partial charge is 0.403 e. The molecule has 0 aromatic heterocycles. The second kappa shape index (κ2) is 3.05. The fourth-order valence-electron chi connectivity index (χ4n) is 3.16. The molecule has 2 saturated carbocycles. The summed E-state index contributed by atoms with van der Waals surface area (Å²) in [6.45, 7) is 7.99. The van der Waals surface area contributed by atoms with Crippen LogP contribution in [0.25, 0.3) is 0 Å². The Hall–Kier alpha value is -0.155. The van der Waals surface area contributed by atoms with Crippen LogP contribution in [-0.2, 0) is 9.31 Å². The Balaban J connectivity index is 1.66. The van der Waals surface area contributed by atoms with Gasteiger partial charge in [0, 0.05) is 11.8 Å². The van der Waals surface area contributed by atoms with Crippen LogP contribution in [0.5, 0.6) is 0 Å². The highest BCUT2D eigenvalue weighted by Crippen LogP contribution is 2.68. The Kier molecular flexibility index (Phi) is 2.14. The third kappa shape index (κ3) is 1.51. The van der Waals surface area contributed by atoms with Crippen molar-refractivity contribution in [2.45, 2.75) is 63.5 Å². The molecule has 17 heavy (non-hydrogen) atoms. The number of halogens is 2. The first-order valence-electron chi connectivity index (χ1n) is 6.38. The van der Waals surface area contributed by atoms with Crippen molar-refractivity contribution in [1.29, 1.82) is 0 Å². The lowest BCUT2D eigenvalue weighted by Crippen LogP contribution is -2.41. The van der Waals surface area contributed by atoms with Crippen molar-refractivity contribution >= 4 is 7.12 Å². The van der Waals surface area contributed by atoms with Crippen molar-refractivity contribution in [1.82, 2.24) is 0 Å². The summed E-state index contributed by atoms with van der Waals surface area (Å²) in [5.41, 5.74) is -0.708. The molecule has 0 N–H and O–H groups in total. The van der Waals surface area contributed by atoms with Crippen molar-refractivity contribution in [3.63, 3.8) is 0 Å². The van der Waals surface area contributed by atoms with Crippen molar-refractivity contribution in [2.75, 3.05) is 0 Å². The summed E-state index contributed by atoms with van der Waals surface area (Å²) in [6.07, 6.45) is 1.10. The van der Waals surface area contributed by atoms with E-state index in [1.807, 2.05) is 27.7 Å². The van der Waals surface area contributed by atoms with Gasteiger partial charge in [0.25, 0.3) is 5.92 Å². The van der Waals surface area contributed by atoms with E-state index >= 15 is 0 Å². The average molecular weight is 244 g/mol. The zero-order valence-corrected chi connectivity index (χ0v) is 10.8. The molecule has 1 heterocycles. The van der Waals surface area contributed by atoms with Gasteiger partial charge in [0.1, 0.15) is 0 Å². The summed E-state index contributed by atoms with van der Waals surface area (Å²) in [5, 5.41) is 0. The van der Waals surface area contributed by atoms with Gasteiger partial charge in [-0.05, 0) is 46.4 Å². The third-order valence-electron chi connectivity index (χ3n) is 5.14. The van der Waals surface area contributed by atoms with Crippen molar-refractivity contribution in [3.8, 4) is 0 Å². The van der Waals surface area contributed by atoms with Crippen LogP contribution in [0, 0.1) is 11.8 Å². The van der Waals surface area contributed by atoms with E-state index in [-0.39, 0.29) is 24.1 Å². The van der Waals surface area contributed by atoms with E-state index in [0.717, 1.165) is 0 Å². The summed E-state index contributed by atoms with van der Waals surface area (Å²) in [4.78, 5) is 0. The maximum absolute atomic E-state index is 13.1. The Labute approximate surface area is 101 Å². The van der Waals surface area contributed by atoms with Crippen LogP contribution in [0.4, 0.5) is 8.78 Å². The molecule has 2 nitrogen and oxygen atoms in total. The molecule has 2 atom stereocenters. The molecule has 0 bridgehead atoms. The quantitative estimate of drug-likeness (QED) is 0.660. The molecule has 5 heteroatoms. The minimum absolute atomic E-state index is 0.144. The van der Waals surface area contributed by atoms with Crippen LogP contribution in [0.1, 0.15) is 40.5 Å². The van der Waals surface area contributed by atoms with Gasteiger partial charge in [-0.2, -0.15) is 0 Å². The predicted octanol–water partition coefficient (Wildman–Crippen LogP) is 3.12. The van der Waals surface area contributed by atoms with Crippen molar-refractivity contribution in [2.24, 2.45) is 11.8 Å². The molecule has 0 spiro atoms. The summed E-state index contributed by atoms with van der Waals surface area (Å²) in [7, 11) is -0.302. The van der Waals surface area contributed by atoms with Crippen molar-refractivity contribution < 1.29 is 18.1 Å². The lowest BCUT2D eigenvalue weighted by molar-refractivity contribution is 0.00578. The van der Waals surface area contributed by atoms with E-state index in [2.05, 4.69) is 0 Å². The molecule has 3 aliphatic rings. The number of hydrogen-bond donors (Lipinski definition) is 0. The fraction of sp³-hybridized carbons (Fsp3) is 1.00. The predicted molar refractivity (Wildman–Crippen MR) is 61.0 cm³/mol. The van der Waals surface area contributed by atoms with Gasteiger partial charge in [0.2, 0.25) is 0 Å².